The van der Waals surface area contributed by atoms with Gasteiger partial charge in [0.2, 0.25) is 0 Å². The summed E-state index contributed by atoms with van der Waals surface area (Å²) in [6.07, 6.45) is 0. The molecule has 7 heteroatoms. The van der Waals surface area contributed by atoms with Gasteiger partial charge in [0.15, 0.2) is 0 Å². The number of anilines is 2. The van der Waals surface area contributed by atoms with E-state index in [0.29, 0.717) is 49.6 Å². The topological polar surface area (TPSA) is 106 Å². The van der Waals surface area contributed by atoms with Crippen LogP contribution in [0.15, 0.2) is 60.7 Å². The number of nitrogen functional groups attached to an aromatic ring is 2. The molecule has 0 aliphatic carbocycles. The zero-order valence-corrected chi connectivity index (χ0v) is 15.9. The summed E-state index contributed by atoms with van der Waals surface area (Å²) in [6, 6.07) is 18.9. The molecule has 0 amide bonds. The van der Waals surface area contributed by atoms with Crippen molar-refractivity contribution in [1.82, 2.24) is 9.97 Å². The number of benzene rings is 2. The molecule has 0 aliphatic rings. The van der Waals surface area contributed by atoms with Crippen molar-refractivity contribution < 1.29 is 14.2 Å². The number of aromatic nitrogens is 2. The third kappa shape index (κ3) is 4.47. The second-order valence-corrected chi connectivity index (χ2v) is 6.44. The van der Waals surface area contributed by atoms with Crippen LogP contribution < -0.4 is 20.9 Å². The highest BCUT2D eigenvalue weighted by Gasteiger charge is 2.05. The molecule has 0 bridgehead atoms. The minimum atomic E-state index is 0.405. The lowest BCUT2D eigenvalue weighted by atomic mass is 10.2. The van der Waals surface area contributed by atoms with Crippen LogP contribution in [-0.2, 0) is 4.74 Å². The summed E-state index contributed by atoms with van der Waals surface area (Å²) in [5.41, 5.74) is 13.1. The summed E-state index contributed by atoms with van der Waals surface area (Å²) in [7, 11) is 0. The smallest absolute Gasteiger partial charge is 0.145 e. The summed E-state index contributed by atoms with van der Waals surface area (Å²) in [5, 5.41) is 1.96. The Morgan fingerprint density at radius 1 is 0.586 bits per heavy atom. The predicted octanol–water partition coefficient (Wildman–Crippen LogP) is 3.42. The Morgan fingerprint density at radius 2 is 1.07 bits per heavy atom. The van der Waals surface area contributed by atoms with Crippen molar-refractivity contribution in [2.24, 2.45) is 0 Å². The average Bonchev–Trinajstić information content (AvgIpc) is 2.73. The fraction of sp³-hybridized carbons (Fsp3) is 0.182. The first kappa shape index (κ1) is 18.8. The van der Waals surface area contributed by atoms with E-state index in [0.717, 1.165) is 21.8 Å². The number of ether oxygens (including phenoxy) is 3. The molecule has 0 aliphatic heterocycles. The summed E-state index contributed by atoms with van der Waals surface area (Å²) < 4.78 is 17.2. The lowest BCUT2D eigenvalue weighted by Crippen LogP contribution is -2.12. The van der Waals surface area contributed by atoms with Crippen molar-refractivity contribution in [3.63, 3.8) is 0 Å². The molecular formula is C22H22N4O3. The first-order valence-corrected chi connectivity index (χ1v) is 9.34. The molecule has 0 unspecified atom stereocenters. The fourth-order valence-electron chi connectivity index (χ4n) is 3.03. The van der Waals surface area contributed by atoms with Crippen LogP contribution in [0, 0.1) is 0 Å². The SMILES string of the molecule is Nc1ccc2cccc(OCCOCCOc3cccc4ccc(N)nc34)c2n1. The van der Waals surface area contributed by atoms with Gasteiger partial charge in [-0.1, -0.05) is 24.3 Å². The molecule has 4 aromatic rings. The number of rotatable bonds is 8. The Bertz CT molecular complexity index is 1040. The normalized spacial score (nSPS) is 11.0. The molecule has 0 fully saturated rings. The van der Waals surface area contributed by atoms with Crippen LogP contribution in [0.3, 0.4) is 0 Å². The lowest BCUT2D eigenvalue weighted by molar-refractivity contribution is 0.0770. The van der Waals surface area contributed by atoms with Crippen LogP contribution in [-0.4, -0.2) is 36.4 Å². The first-order chi connectivity index (χ1) is 14.2. The monoisotopic (exact) mass is 390 g/mol. The maximum absolute atomic E-state index is 5.80. The molecule has 0 saturated carbocycles. The van der Waals surface area contributed by atoms with E-state index in [2.05, 4.69) is 9.97 Å². The lowest BCUT2D eigenvalue weighted by Gasteiger charge is -2.11. The highest BCUT2D eigenvalue weighted by Crippen LogP contribution is 2.25. The van der Waals surface area contributed by atoms with Gasteiger partial charge in [0.05, 0.1) is 13.2 Å². The molecule has 148 valence electrons. The van der Waals surface area contributed by atoms with Crippen molar-refractivity contribution in [3.05, 3.63) is 60.7 Å². The number of nitrogens with zero attached hydrogens (tertiary/aromatic N) is 2. The Balaban J connectivity index is 1.24. The second-order valence-electron chi connectivity index (χ2n) is 6.44. The second kappa shape index (κ2) is 8.62. The molecule has 7 nitrogen and oxygen atoms in total. The molecule has 29 heavy (non-hydrogen) atoms. The van der Waals surface area contributed by atoms with Crippen LogP contribution in [0.25, 0.3) is 21.8 Å². The first-order valence-electron chi connectivity index (χ1n) is 9.34. The molecule has 2 aromatic heterocycles. The third-order valence-electron chi connectivity index (χ3n) is 4.38. The van der Waals surface area contributed by atoms with Gasteiger partial charge in [-0.2, -0.15) is 0 Å². The van der Waals surface area contributed by atoms with Crippen LogP contribution in [0.2, 0.25) is 0 Å². The Morgan fingerprint density at radius 3 is 1.55 bits per heavy atom. The molecule has 2 aromatic carbocycles. The fourth-order valence-corrected chi connectivity index (χ4v) is 3.03. The van der Waals surface area contributed by atoms with E-state index in [-0.39, 0.29) is 0 Å². The van der Waals surface area contributed by atoms with Gasteiger partial charge in [-0.15, -0.1) is 0 Å². The quantitative estimate of drug-likeness (QED) is 0.444. The van der Waals surface area contributed by atoms with Gasteiger partial charge in [-0.05, 0) is 36.4 Å². The van der Waals surface area contributed by atoms with Gasteiger partial charge in [0.1, 0.15) is 47.4 Å². The van der Waals surface area contributed by atoms with Crippen LogP contribution in [0.1, 0.15) is 0 Å². The largest absolute Gasteiger partial charge is 0.489 e. The van der Waals surface area contributed by atoms with Crippen molar-refractivity contribution >= 4 is 33.4 Å². The van der Waals surface area contributed by atoms with Crippen LogP contribution >= 0.6 is 0 Å². The number of hydrogen-bond acceptors (Lipinski definition) is 7. The van der Waals surface area contributed by atoms with E-state index in [1.165, 1.54) is 0 Å². The minimum absolute atomic E-state index is 0.405. The van der Waals surface area contributed by atoms with Crippen molar-refractivity contribution in [2.75, 3.05) is 37.9 Å². The zero-order chi connectivity index (χ0) is 20.1. The van der Waals surface area contributed by atoms with Gasteiger partial charge in [0, 0.05) is 10.8 Å². The van der Waals surface area contributed by atoms with E-state index in [9.17, 15) is 0 Å². The molecule has 2 heterocycles. The predicted molar refractivity (Wildman–Crippen MR) is 114 cm³/mol. The number of pyridine rings is 2. The van der Waals surface area contributed by atoms with Crippen molar-refractivity contribution in [3.8, 4) is 11.5 Å². The third-order valence-corrected chi connectivity index (χ3v) is 4.38. The van der Waals surface area contributed by atoms with Gasteiger partial charge in [-0.3, -0.25) is 0 Å². The maximum Gasteiger partial charge on any atom is 0.145 e. The van der Waals surface area contributed by atoms with Gasteiger partial charge >= 0.3 is 0 Å². The summed E-state index contributed by atoms with van der Waals surface area (Å²) in [6.45, 7) is 1.68. The summed E-state index contributed by atoms with van der Waals surface area (Å²) in [4.78, 5) is 8.69. The highest BCUT2D eigenvalue weighted by molar-refractivity contribution is 5.86. The number of nitrogens with two attached hydrogens (primary N) is 2. The van der Waals surface area contributed by atoms with Gasteiger partial charge in [0.25, 0.3) is 0 Å². The Kier molecular flexibility index (Phi) is 5.58. The van der Waals surface area contributed by atoms with Crippen molar-refractivity contribution in [1.29, 1.82) is 0 Å². The average molecular weight is 390 g/mol. The molecule has 4 rings (SSSR count). The van der Waals surface area contributed by atoms with E-state index >= 15 is 0 Å². The van der Waals surface area contributed by atoms with E-state index in [1.807, 2.05) is 48.5 Å². The molecule has 0 atom stereocenters. The molecule has 0 spiro atoms. The Labute approximate surface area is 168 Å². The van der Waals surface area contributed by atoms with E-state index in [4.69, 9.17) is 25.7 Å². The number of fused-ring (bicyclic) bond motifs is 2. The summed E-state index contributed by atoms with van der Waals surface area (Å²) in [5.74, 6) is 2.31. The standard InChI is InChI=1S/C22H22N4O3/c23-19-9-7-15-3-1-5-17(21(15)25-19)28-13-11-27-12-14-29-18-6-2-4-16-8-10-20(24)26-22(16)18/h1-10H,11-14H2,(H2,23,25)(H2,24,26). The van der Waals surface area contributed by atoms with Gasteiger partial charge < -0.3 is 25.7 Å². The van der Waals surface area contributed by atoms with Crippen LogP contribution in [0.5, 0.6) is 11.5 Å². The van der Waals surface area contributed by atoms with Crippen LogP contribution in [0.4, 0.5) is 11.6 Å². The van der Waals surface area contributed by atoms with Crippen molar-refractivity contribution in [2.45, 2.75) is 0 Å². The minimum Gasteiger partial charge on any atom is -0.489 e. The zero-order valence-electron chi connectivity index (χ0n) is 15.9. The summed E-state index contributed by atoms with van der Waals surface area (Å²) >= 11 is 0. The molecule has 4 N–H and O–H groups in total. The highest BCUT2D eigenvalue weighted by atomic mass is 16.5. The number of para-hydroxylation sites is 2. The van der Waals surface area contributed by atoms with E-state index < -0.39 is 0 Å². The molecule has 0 saturated heterocycles. The Hall–Kier alpha value is -3.58. The molecular weight excluding hydrogens is 368 g/mol. The maximum atomic E-state index is 5.80. The number of hydrogen-bond donors (Lipinski definition) is 2. The molecule has 0 radical (unpaired) electrons. The van der Waals surface area contributed by atoms with E-state index in [1.54, 1.807) is 12.1 Å². The van der Waals surface area contributed by atoms with Gasteiger partial charge in [-0.25, -0.2) is 9.97 Å².